The van der Waals surface area contributed by atoms with Gasteiger partial charge in [-0.3, -0.25) is 9.59 Å². The quantitative estimate of drug-likeness (QED) is 0.945. The van der Waals surface area contributed by atoms with Gasteiger partial charge in [-0.1, -0.05) is 36.4 Å². The van der Waals surface area contributed by atoms with Gasteiger partial charge in [0.15, 0.2) is 11.6 Å². The second-order valence-electron chi connectivity index (χ2n) is 5.01. The zero-order valence-corrected chi connectivity index (χ0v) is 11.9. The van der Waals surface area contributed by atoms with E-state index in [0.29, 0.717) is 22.4 Å². The van der Waals surface area contributed by atoms with Crippen molar-refractivity contribution in [3.05, 3.63) is 76.9 Å². The minimum Gasteiger partial charge on any atom is -0.497 e. The van der Waals surface area contributed by atoms with Crippen molar-refractivity contribution in [1.82, 2.24) is 0 Å². The maximum atomic E-state index is 12.5. The lowest BCUT2D eigenvalue weighted by Crippen LogP contribution is -2.21. The van der Waals surface area contributed by atoms with Gasteiger partial charge in [-0.05, 0) is 23.8 Å². The molecule has 4 heteroatoms. The van der Waals surface area contributed by atoms with E-state index >= 15 is 0 Å². The highest BCUT2D eigenvalue weighted by molar-refractivity contribution is 6.24. The van der Waals surface area contributed by atoms with Gasteiger partial charge >= 0.3 is 0 Å². The average Bonchev–Trinajstić information content (AvgIpc) is 2.57. The standard InChI is InChI=1S/C18H14O4/c1-22-12-8-6-11(7-9-12)17(20)15-10-16(19)13-4-2-3-5-14(13)18(15)21/h2-10,17,20H,1H3. The van der Waals surface area contributed by atoms with Crippen molar-refractivity contribution in [2.75, 3.05) is 7.11 Å². The van der Waals surface area contributed by atoms with Gasteiger partial charge < -0.3 is 9.84 Å². The number of benzene rings is 2. The molecule has 2 aromatic rings. The molecule has 0 radical (unpaired) electrons. The summed E-state index contributed by atoms with van der Waals surface area (Å²) in [6.07, 6.45) is 0.0789. The smallest absolute Gasteiger partial charge is 0.192 e. The minimum atomic E-state index is -1.14. The van der Waals surface area contributed by atoms with Crippen LogP contribution >= 0.6 is 0 Å². The molecule has 0 saturated heterocycles. The molecule has 0 aromatic heterocycles. The Morgan fingerprint density at radius 3 is 2.23 bits per heavy atom. The van der Waals surface area contributed by atoms with Crippen LogP contribution in [0.4, 0.5) is 0 Å². The number of fused-ring (bicyclic) bond motifs is 1. The van der Waals surface area contributed by atoms with E-state index in [1.54, 1.807) is 55.6 Å². The summed E-state index contributed by atoms with van der Waals surface area (Å²) in [7, 11) is 1.55. The summed E-state index contributed by atoms with van der Waals surface area (Å²) in [5.74, 6) is 0.0672. The average molecular weight is 294 g/mol. The van der Waals surface area contributed by atoms with E-state index in [0.717, 1.165) is 0 Å². The SMILES string of the molecule is COc1ccc(C(O)C2=CC(=O)c3ccccc3C2=O)cc1. The minimum absolute atomic E-state index is 0.0915. The molecule has 0 spiro atoms. The summed E-state index contributed by atoms with van der Waals surface area (Å²) < 4.78 is 5.06. The monoisotopic (exact) mass is 294 g/mol. The van der Waals surface area contributed by atoms with Crippen molar-refractivity contribution < 1.29 is 19.4 Å². The number of aliphatic hydroxyl groups excluding tert-OH is 1. The van der Waals surface area contributed by atoms with Gasteiger partial charge in [0.05, 0.1) is 7.11 Å². The molecule has 0 bridgehead atoms. The van der Waals surface area contributed by atoms with Crippen LogP contribution in [-0.4, -0.2) is 23.8 Å². The lowest BCUT2D eigenvalue weighted by molar-refractivity contribution is 0.0947. The molecule has 0 saturated carbocycles. The van der Waals surface area contributed by atoms with Gasteiger partial charge in [-0.2, -0.15) is 0 Å². The number of methoxy groups -OCH3 is 1. The van der Waals surface area contributed by atoms with Gasteiger partial charge in [0.25, 0.3) is 0 Å². The number of ether oxygens (including phenoxy) is 1. The highest BCUT2D eigenvalue weighted by Crippen LogP contribution is 2.30. The van der Waals surface area contributed by atoms with Crippen molar-refractivity contribution in [2.24, 2.45) is 0 Å². The van der Waals surface area contributed by atoms with Gasteiger partial charge in [0, 0.05) is 16.7 Å². The first-order chi connectivity index (χ1) is 10.6. The number of carbonyl (C=O) groups is 2. The topological polar surface area (TPSA) is 63.6 Å². The Labute approximate surface area is 127 Å². The van der Waals surface area contributed by atoms with E-state index in [1.807, 2.05) is 0 Å². The fourth-order valence-electron chi connectivity index (χ4n) is 2.50. The van der Waals surface area contributed by atoms with E-state index in [2.05, 4.69) is 0 Å². The molecule has 0 amide bonds. The molecule has 3 rings (SSSR count). The summed E-state index contributed by atoms with van der Waals surface area (Å²) in [6.45, 7) is 0. The molecular weight excluding hydrogens is 280 g/mol. The lowest BCUT2D eigenvalue weighted by Gasteiger charge is -2.19. The van der Waals surface area contributed by atoms with Crippen molar-refractivity contribution in [2.45, 2.75) is 6.10 Å². The van der Waals surface area contributed by atoms with Crippen molar-refractivity contribution >= 4 is 11.6 Å². The molecule has 1 aliphatic rings. The number of aliphatic hydroxyl groups is 1. The maximum Gasteiger partial charge on any atom is 0.192 e. The Hall–Kier alpha value is -2.72. The highest BCUT2D eigenvalue weighted by Gasteiger charge is 2.29. The Balaban J connectivity index is 1.97. The Morgan fingerprint density at radius 1 is 0.955 bits per heavy atom. The second-order valence-corrected chi connectivity index (χ2v) is 5.01. The van der Waals surface area contributed by atoms with E-state index in [4.69, 9.17) is 4.74 Å². The van der Waals surface area contributed by atoms with Gasteiger partial charge in [-0.25, -0.2) is 0 Å². The summed E-state index contributed by atoms with van der Waals surface area (Å²) in [6, 6.07) is 13.4. The molecule has 0 fully saturated rings. The van der Waals surface area contributed by atoms with Crippen LogP contribution in [-0.2, 0) is 0 Å². The van der Waals surface area contributed by atoms with Crippen LogP contribution in [0.2, 0.25) is 0 Å². The van der Waals surface area contributed by atoms with Crippen LogP contribution < -0.4 is 4.74 Å². The Kier molecular flexibility index (Phi) is 3.61. The molecule has 0 heterocycles. The first kappa shape index (κ1) is 14.2. The first-order valence-electron chi connectivity index (χ1n) is 6.83. The summed E-state index contributed by atoms with van der Waals surface area (Å²) >= 11 is 0. The predicted octanol–water partition coefficient (Wildman–Crippen LogP) is 2.73. The van der Waals surface area contributed by atoms with E-state index in [1.165, 1.54) is 6.08 Å². The normalized spacial score (nSPS) is 15.1. The Bertz CT molecular complexity index is 772. The third-order valence-electron chi connectivity index (χ3n) is 3.71. The summed E-state index contributed by atoms with van der Waals surface area (Å²) in [5.41, 5.74) is 1.33. The van der Waals surface area contributed by atoms with Crippen molar-refractivity contribution in [3.8, 4) is 5.75 Å². The summed E-state index contributed by atoms with van der Waals surface area (Å²) in [5, 5.41) is 10.4. The number of ketones is 2. The third kappa shape index (κ3) is 2.34. The Morgan fingerprint density at radius 2 is 1.59 bits per heavy atom. The van der Waals surface area contributed by atoms with Crippen molar-refractivity contribution in [3.63, 3.8) is 0 Å². The van der Waals surface area contributed by atoms with Crippen LogP contribution in [0.25, 0.3) is 0 Å². The van der Waals surface area contributed by atoms with Crippen molar-refractivity contribution in [1.29, 1.82) is 0 Å². The summed E-state index contributed by atoms with van der Waals surface area (Å²) in [4.78, 5) is 24.6. The number of rotatable bonds is 3. The fourth-order valence-corrected chi connectivity index (χ4v) is 2.50. The number of Topliss-reactive ketones (excluding diaryl/α,β-unsaturated/α-hetero) is 1. The highest BCUT2D eigenvalue weighted by atomic mass is 16.5. The molecule has 0 aliphatic heterocycles. The molecule has 110 valence electrons. The number of hydrogen-bond donors (Lipinski definition) is 1. The fraction of sp³-hybridized carbons (Fsp3) is 0.111. The molecular formula is C18H14O4. The maximum absolute atomic E-state index is 12.5. The van der Waals surface area contributed by atoms with Crippen LogP contribution in [0.5, 0.6) is 5.75 Å². The second kappa shape index (κ2) is 5.58. The van der Waals surface area contributed by atoms with E-state index in [-0.39, 0.29) is 17.1 Å². The van der Waals surface area contributed by atoms with Crippen LogP contribution in [0, 0.1) is 0 Å². The number of allylic oxidation sites excluding steroid dienone is 1. The zero-order chi connectivity index (χ0) is 15.7. The van der Waals surface area contributed by atoms with Gasteiger partial charge in [0.1, 0.15) is 11.9 Å². The molecule has 1 atom stereocenters. The first-order valence-corrected chi connectivity index (χ1v) is 6.83. The number of hydrogen-bond acceptors (Lipinski definition) is 4. The molecule has 1 unspecified atom stereocenters. The van der Waals surface area contributed by atoms with Crippen LogP contribution in [0.3, 0.4) is 0 Å². The molecule has 2 aromatic carbocycles. The molecule has 1 N–H and O–H groups in total. The van der Waals surface area contributed by atoms with E-state index in [9.17, 15) is 14.7 Å². The van der Waals surface area contributed by atoms with Gasteiger partial charge in [0.2, 0.25) is 0 Å². The molecule has 4 nitrogen and oxygen atoms in total. The predicted molar refractivity (Wildman–Crippen MR) is 81.1 cm³/mol. The van der Waals surface area contributed by atoms with Crippen LogP contribution in [0.15, 0.2) is 60.2 Å². The largest absolute Gasteiger partial charge is 0.497 e. The number of carbonyl (C=O) groups excluding carboxylic acids is 2. The molecule has 1 aliphatic carbocycles. The van der Waals surface area contributed by atoms with Gasteiger partial charge in [-0.15, -0.1) is 0 Å². The lowest BCUT2D eigenvalue weighted by atomic mass is 9.85. The third-order valence-corrected chi connectivity index (χ3v) is 3.71. The van der Waals surface area contributed by atoms with Crippen LogP contribution in [0.1, 0.15) is 32.4 Å². The zero-order valence-electron chi connectivity index (χ0n) is 11.9. The molecule has 22 heavy (non-hydrogen) atoms. The van der Waals surface area contributed by atoms with E-state index < -0.39 is 6.10 Å².